The monoisotopic (exact) mass is 274 g/mol. The summed E-state index contributed by atoms with van der Waals surface area (Å²) in [5, 5.41) is 9.42. The predicted molar refractivity (Wildman–Crippen MR) is 71.9 cm³/mol. The van der Waals surface area contributed by atoms with E-state index in [4.69, 9.17) is 9.47 Å². The number of carboxylic acids is 1. The third-order valence-corrected chi connectivity index (χ3v) is 2.98. The molecule has 0 atom stereocenters. The lowest BCUT2D eigenvalue weighted by Gasteiger charge is -2.30. The first kappa shape index (κ1) is 18.1. The van der Waals surface area contributed by atoms with Gasteiger partial charge in [0.2, 0.25) is 5.78 Å². The first-order valence-corrected chi connectivity index (χ1v) is 7.05. The van der Waals surface area contributed by atoms with Crippen molar-refractivity contribution in [1.29, 1.82) is 0 Å². The van der Waals surface area contributed by atoms with Crippen molar-refractivity contribution in [2.24, 2.45) is 5.92 Å². The van der Waals surface area contributed by atoms with Crippen molar-refractivity contribution in [3.05, 3.63) is 0 Å². The van der Waals surface area contributed by atoms with Crippen LogP contribution in [0.4, 0.5) is 0 Å². The molecular formula is C14H26O5. The summed E-state index contributed by atoms with van der Waals surface area (Å²) in [5.74, 6) is -4.33. The number of aliphatic carboxylic acids is 1. The van der Waals surface area contributed by atoms with Crippen LogP contribution >= 0.6 is 0 Å². The topological polar surface area (TPSA) is 72.8 Å². The van der Waals surface area contributed by atoms with Gasteiger partial charge in [-0.25, -0.2) is 4.79 Å². The highest BCUT2D eigenvalue weighted by atomic mass is 16.7. The molecule has 0 unspecified atom stereocenters. The van der Waals surface area contributed by atoms with E-state index in [1.165, 1.54) is 0 Å². The second kappa shape index (κ2) is 9.04. The van der Waals surface area contributed by atoms with Crippen molar-refractivity contribution < 1.29 is 24.2 Å². The fourth-order valence-electron chi connectivity index (χ4n) is 1.83. The standard InChI is InChI=1S/C14H26O5/c1-5-9-18-14(13(16)17,19-10-6-2)12(15)11(7-3)8-4/h11H,5-10H2,1-4H3,(H,16,17). The first-order valence-electron chi connectivity index (χ1n) is 7.05. The Labute approximate surface area is 115 Å². The molecule has 0 aliphatic carbocycles. The Morgan fingerprint density at radius 2 is 1.42 bits per heavy atom. The number of ether oxygens (including phenoxy) is 2. The van der Waals surface area contributed by atoms with Crippen LogP contribution in [0.2, 0.25) is 0 Å². The van der Waals surface area contributed by atoms with E-state index >= 15 is 0 Å². The van der Waals surface area contributed by atoms with Crippen LogP contribution in [0.5, 0.6) is 0 Å². The Hall–Kier alpha value is -0.940. The average Bonchev–Trinajstić information content (AvgIpc) is 2.40. The molecule has 0 aliphatic rings. The van der Waals surface area contributed by atoms with Crippen LogP contribution in [0.1, 0.15) is 53.4 Å². The Bertz CT molecular complexity index is 276. The Kier molecular flexibility index (Phi) is 8.59. The molecule has 0 aromatic carbocycles. The van der Waals surface area contributed by atoms with Gasteiger partial charge in [-0.15, -0.1) is 0 Å². The van der Waals surface area contributed by atoms with Crippen LogP contribution < -0.4 is 0 Å². The smallest absolute Gasteiger partial charge is 0.372 e. The van der Waals surface area contributed by atoms with Crippen molar-refractivity contribution in [1.82, 2.24) is 0 Å². The molecule has 0 heterocycles. The lowest BCUT2D eigenvalue weighted by Crippen LogP contribution is -2.54. The van der Waals surface area contributed by atoms with E-state index in [9.17, 15) is 14.7 Å². The minimum atomic E-state index is -2.14. The predicted octanol–water partition coefficient (Wildman–Crippen LogP) is 2.63. The zero-order valence-corrected chi connectivity index (χ0v) is 12.4. The van der Waals surface area contributed by atoms with Gasteiger partial charge in [0.1, 0.15) is 0 Å². The van der Waals surface area contributed by atoms with Crippen LogP contribution in [-0.2, 0) is 19.1 Å². The van der Waals surface area contributed by atoms with Crippen molar-refractivity contribution in [2.75, 3.05) is 13.2 Å². The van der Waals surface area contributed by atoms with Gasteiger partial charge in [-0.05, 0) is 25.7 Å². The number of hydrogen-bond donors (Lipinski definition) is 1. The number of hydrogen-bond acceptors (Lipinski definition) is 4. The largest absolute Gasteiger partial charge is 0.477 e. The molecule has 0 fully saturated rings. The zero-order chi connectivity index (χ0) is 14.9. The summed E-state index contributed by atoms with van der Waals surface area (Å²) >= 11 is 0. The van der Waals surface area contributed by atoms with Gasteiger partial charge >= 0.3 is 11.8 Å². The van der Waals surface area contributed by atoms with Gasteiger partial charge in [0, 0.05) is 5.92 Å². The maximum absolute atomic E-state index is 12.4. The van der Waals surface area contributed by atoms with Gasteiger partial charge in [-0.3, -0.25) is 4.79 Å². The molecule has 112 valence electrons. The molecule has 0 bridgehead atoms. The number of carboxylic acid groups (broad SMARTS) is 1. The molecule has 0 amide bonds. The molecule has 0 aromatic rings. The third kappa shape index (κ3) is 4.58. The summed E-state index contributed by atoms with van der Waals surface area (Å²) in [6.45, 7) is 7.79. The fourth-order valence-corrected chi connectivity index (χ4v) is 1.83. The minimum Gasteiger partial charge on any atom is -0.477 e. The maximum Gasteiger partial charge on any atom is 0.372 e. The highest BCUT2D eigenvalue weighted by Gasteiger charge is 2.50. The molecule has 0 saturated carbocycles. The molecule has 0 aliphatic heterocycles. The molecule has 0 saturated heterocycles. The Morgan fingerprint density at radius 3 is 1.68 bits per heavy atom. The highest BCUT2D eigenvalue weighted by molar-refractivity contribution is 6.05. The molecule has 19 heavy (non-hydrogen) atoms. The fraction of sp³-hybridized carbons (Fsp3) is 0.857. The van der Waals surface area contributed by atoms with Crippen molar-refractivity contribution in [3.63, 3.8) is 0 Å². The number of rotatable bonds is 11. The molecular weight excluding hydrogens is 248 g/mol. The Balaban J connectivity index is 5.28. The minimum absolute atomic E-state index is 0.182. The quantitative estimate of drug-likeness (QED) is 0.463. The van der Waals surface area contributed by atoms with E-state index in [0.29, 0.717) is 25.7 Å². The van der Waals surface area contributed by atoms with Crippen LogP contribution in [0.25, 0.3) is 0 Å². The van der Waals surface area contributed by atoms with Gasteiger partial charge in [0.25, 0.3) is 0 Å². The van der Waals surface area contributed by atoms with E-state index in [2.05, 4.69) is 0 Å². The van der Waals surface area contributed by atoms with Crippen LogP contribution in [0.3, 0.4) is 0 Å². The van der Waals surface area contributed by atoms with Gasteiger partial charge in [0.15, 0.2) is 0 Å². The van der Waals surface area contributed by atoms with Gasteiger partial charge in [0.05, 0.1) is 13.2 Å². The SMILES string of the molecule is CCCOC(OCCC)(C(=O)O)C(=O)C(CC)CC. The van der Waals surface area contributed by atoms with E-state index in [0.717, 1.165) is 0 Å². The number of Topliss-reactive ketones (excluding diaryl/α,β-unsaturated/α-hetero) is 1. The summed E-state index contributed by atoms with van der Waals surface area (Å²) in [6.07, 6.45) is 2.41. The maximum atomic E-state index is 12.4. The summed E-state index contributed by atoms with van der Waals surface area (Å²) in [5.41, 5.74) is 0. The summed E-state index contributed by atoms with van der Waals surface area (Å²) in [6, 6.07) is 0. The third-order valence-electron chi connectivity index (χ3n) is 2.98. The second-order valence-corrected chi connectivity index (χ2v) is 4.50. The van der Waals surface area contributed by atoms with Crippen molar-refractivity contribution >= 4 is 11.8 Å². The summed E-state index contributed by atoms with van der Waals surface area (Å²) < 4.78 is 10.6. The van der Waals surface area contributed by atoms with Crippen LogP contribution in [0, 0.1) is 5.92 Å². The van der Waals surface area contributed by atoms with Crippen molar-refractivity contribution in [2.45, 2.75) is 59.2 Å². The normalized spacial score (nSPS) is 11.8. The van der Waals surface area contributed by atoms with Crippen molar-refractivity contribution in [3.8, 4) is 0 Å². The van der Waals surface area contributed by atoms with Crippen LogP contribution in [0.15, 0.2) is 0 Å². The molecule has 5 nitrogen and oxygen atoms in total. The van der Waals surface area contributed by atoms with E-state index in [-0.39, 0.29) is 19.1 Å². The van der Waals surface area contributed by atoms with E-state index in [1.54, 1.807) is 0 Å². The summed E-state index contributed by atoms with van der Waals surface area (Å²) in [7, 11) is 0. The van der Waals surface area contributed by atoms with E-state index < -0.39 is 17.5 Å². The molecule has 0 rings (SSSR count). The second-order valence-electron chi connectivity index (χ2n) is 4.50. The number of carbonyl (C=O) groups excluding carboxylic acids is 1. The lowest BCUT2D eigenvalue weighted by atomic mass is 9.92. The number of carbonyl (C=O) groups is 2. The zero-order valence-electron chi connectivity index (χ0n) is 12.4. The number of ketones is 1. The van der Waals surface area contributed by atoms with Crippen LogP contribution in [-0.4, -0.2) is 35.9 Å². The van der Waals surface area contributed by atoms with Gasteiger partial charge in [-0.1, -0.05) is 27.7 Å². The average molecular weight is 274 g/mol. The molecule has 1 N–H and O–H groups in total. The summed E-state index contributed by atoms with van der Waals surface area (Å²) in [4.78, 5) is 24.0. The highest BCUT2D eigenvalue weighted by Crippen LogP contribution is 2.24. The first-order chi connectivity index (χ1) is 8.99. The van der Waals surface area contributed by atoms with Gasteiger partial charge in [-0.2, -0.15) is 0 Å². The van der Waals surface area contributed by atoms with Gasteiger partial charge < -0.3 is 14.6 Å². The molecule has 0 spiro atoms. The molecule has 0 radical (unpaired) electrons. The lowest BCUT2D eigenvalue weighted by molar-refractivity contribution is -0.239. The Morgan fingerprint density at radius 1 is 1.00 bits per heavy atom. The molecule has 5 heteroatoms. The molecule has 0 aromatic heterocycles. The van der Waals surface area contributed by atoms with E-state index in [1.807, 2.05) is 27.7 Å².